The van der Waals surface area contributed by atoms with E-state index in [4.69, 9.17) is 0 Å². The van der Waals surface area contributed by atoms with Crippen LogP contribution in [0.4, 0.5) is 0 Å². The van der Waals surface area contributed by atoms with Crippen molar-refractivity contribution in [3.63, 3.8) is 0 Å². The van der Waals surface area contributed by atoms with E-state index in [1.807, 2.05) is 0 Å². The molecule has 0 radical (unpaired) electrons. The van der Waals surface area contributed by atoms with Crippen LogP contribution >= 0.6 is 0 Å². The van der Waals surface area contributed by atoms with Crippen molar-refractivity contribution < 1.29 is 0 Å². The van der Waals surface area contributed by atoms with Gasteiger partial charge in [-0.3, -0.25) is 0 Å². The zero-order valence-electron chi connectivity index (χ0n) is 15.9. The molecule has 0 aliphatic heterocycles. The summed E-state index contributed by atoms with van der Waals surface area (Å²) >= 11 is 0. The highest BCUT2D eigenvalue weighted by molar-refractivity contribution is 5.86. The van der Waals surface area contributed by atoms with E-state index in [2.05, 4.69) is 123 Å². The Hall–Kier alpha value is -3.12. The molecular weight excluding hydrogens is 324 g/mol. The molecule has 0 fully saturated rings. The summed E-state index contributed by atoms with van der Waals surface area (Å²) < 4.78 is 0. The first-order chi connectivity index (χ1) is 13.2. The van der Waals surface area contributed by atoms with Gasteiger partial charge in [0.05, 0.1) is 0 Å². The summed E-state index contributed by atoms with van der Waals surface area (Å²) in [6.07, 6.45) is 0. The maximum absolute atomic E-state index is 2.32. The number of hydrogen-bond acceptors (Lipinski definition) is 0. The summed E-state index contributed by atoms with van der Waals surface area (Å²) in [5.74, 6) is 0. The predicted molar refractivity (Wildman–Crippen MR) is 116 cm³/mol. The highest BCUT2D eigenvalue weighted by Gasteiger charge is 2.27. The second-order valence-corrected chi connectivity index (χ2v) is 7.45. The molecule has 0 saturated carbocycles. The van der Waals surface area contributed by atoms with Crippen LogP contribution in [0, 0.1) is 0 Å². The highest BCUT2D eigenvalue weighted by Crippen LogP contribution is 2.42. The average molecular weight is 348 g/mol. The van der Waals surface area contributed by atoms with Crippen LogP contribution in [0.25, 0.3) is 22.3 Å². The number of rotatable bonds is 4. The Kier molecular flexibility index (Phi) is 4.64. The first-order valence-electron chi connectivity index (χ1n) is 9.48. The summed E-state index contributed by atoms with van der Waals surface area (Å²) in [6, 6.07) is 38.9. The van der Waals surface area contributed by atoms with E-state index in [1.54, 1.807) is 0 Å². The zero-order chi connectivity index (χ0) is 18.7. The molecule has 0 heterocycles. The third kappa shape index (κ3) is 3.31. The Labute approximate surface area is 162 Å². The van der Waals surface area contributed by atoms with Crippen molar-refractivity contribution in [1.82, 2.24) is 0 Å². The minimum Gasteiger partial charge on any atom is -0.0622 e. The van der Waals surface area contributed by atoms with Gasteiger partial charge in [0.15, 0.2) is 0 Å². The van der Waals surface area contributed by atoms with Gasteiger partial charge in [-0.25, -0.2) is 0 Å². The first-order valence-corrected chi connectivity index (χ1v) is 9.48. The highest BCUT2D eigenvalue weighted by atomic mass is 14.3. The van der Waals surface area contributed by atoms with Gasteiger partial charge in [-0.05, 0) is 33.4 Å². The molecule has 132 valence electrons. The summed E-state index contributed by atoms with van der Waals surface area (Å²) in [4.78, 5) is 0. The fourth-order valence-corrected chi connectivity index (χ4v) is 3.86. The van der Waals surface area contributed by atoms with Gasteiger partial charge in [0.2, 0.25) is 0 Å². The van der Waals surface area contributed by atoms with Gasteiger partial charge in [-0.15, -0.1) is 0 Å². The van der Waals surface area contributed by atoms with Crippen LogP contribution in [-0.2, 0) is 5.41 Å². The monoisotopic (exact) mass is 348 g/mol. The zero-order valence-corrected chi connectivity index (χ0v) is 15.9. The molecule has 0 spiro atoms. The van der Waals surface area contributed by atoms with E-state index >= 15 is 0 Å². The summed E-state index contributed by atoms with van der Waals surface area (Å²) in [5.41, 5.74) is 7.69. The van der Waals surface area contributed by atoms with Gasteiger partial charge in [0.1, 0.15) is 0 Å². The Bertz CT molecular complexity index is 1010. The molecule has 0 atom stereocenters. The van der Waals surface area contributed by atoms with E-state index < -0.39 is 0 Å². The predicted octanol–water partition coefficient (Wildman–Crippen LogP) is 7.35. The molecule has 4 aromatic rings. The second kappa shape index (κ2) is 7.25. The Balaban J connectivity index is 2.01. The Morgan fingerprint density at radius 1 is 0.481 bits per heavy atom. The fraction of sp³-hybridized carbons (Fsp3) is 0.111. The molecule has 4 rings (SSSR count). The number of hydrogen-bond donors (Lipinski definition) is 0. The van der Waals surface area contributed by atoms with Gasteiger partial charge >= 0.3 is 0 Å². The van der Waals surface area contributed by atoms with Crippen LogP contribution in [0.3, 0.4) is 0 Å². The first kappa shape index (κ1) is 17.3. The van der Waals surface area contributed by atoms with Crippen LogP contribution in [-0.4, -0.2) is 0 Å². The summed E-state index contributed by atoms with van der Waals surface area (Å²) in [6.45, 7) is 4.64. The largest absolute Gasteiger partial charge is 0.0622 e. The van der Waals surface area contributed by atoms with Crippen molar-refractivity contribution in [2.45, 2.75) is 19.3 Å². The molecule has 0 heteroatoms. The third-order valence-corrected chi connectivity index (χ3v) is 5.38. The van der Waals surface area contributed by atoms with Crippen molar-refractivity contribution in [2.24, 2.45) is 0 Å². The van der Waals surface area contributed by atoms with Crippen LogP contribution < -0.4 is 0 Å². The van der Waals surface area contributed by atoms with Gasteiger partial charge < -0.3 is 0 Å². The third-order valence-electron chi connectivity index (χ3n) is 5.38. The lowest BCUT2D eigenvalue weighted by Gasteiger charge is -2.30. The molecule has 0 aromatic heterocycles. The summed E-state index contributed by atoms with van der Waals surface area (Å²) in [5, 5.41) is 0. The maximum Gasteiger partial charge on any atom is 0.0152 e. The average Bonchev–Trinajstić information content (AvgIpc) is 2.75. The molecule has 0 aliphatic rings. The fourth-order valence-electron chi connectivity index (χ4n) is 3.86. The molecule has 0 bridgehead atoms. The molecule has 0 amide bonds. The molecule has 0 N–H and O–H groups in total. The normalized spacial score (nSPS) is 11.3. The van der Waals surface area contributed by atoms with Gasteiger partial charge in [0.25, 0.3) is 0 Å². The SMILES string of the molecule is CC(C)(c1ccccc1)c1cccc(-c2ccccc2)c1-c1ccccc1. The quantitative estimate of drug-likeness (QED) is 0.362. The van der Waals surface area contributed by atoms with Crippen molar-refractivity contribution in [1.29, 1.82) is 0 Å². The minimum absolute atomic E-state index is 0.1000. The van der Waals surface area contributed by atoms with Crippen molar-refractivity contribution in [2.75, 3.05) is 0 Å². The van der Waals surface area contributed by atoms with E-state index in [0.717, 1.165) is 0 Å². The van der Waals surface area contributed by atoms with E-state index in [9.17, 15) is 0 Å². The Morgan fingerprint density at radius 3 is 1.59 bits per heavy atom. The van der Waals surface area contributed by atoms with Gasteiger partial charge in [-0.1, -0.05) is 123 Å². The molecule has 4 aromatic carbocycles. The van der Waals surface area contributed by atoms with Crippen LogP contribution in [0.2, 0.25) is 0 Å². The van der Waals surface area contributed by atoms with Crippen LogP contribution in [0.15, 0.2) is 109 Å². The molecule has 0 nitrogen and oxygen atoms in total. The summed E-state index contributed by atoms with van der Waals surface area (Å²) in [7, 11) is 0. The Morgan fingerprint density at radius 2 is 1.00 bits per heavy atom. The number of benzene rings is 4. The van der Waals surface area contributed by atoms with Crippen molar-refractivity contribution in [3.8, 4) is 22.3 Å². The van der Waals surface area contributed by atoms with E-state index in [1.165, 1.54) is 33.4 Å². The molecule has 0 aliphatic carbocycles. The second-order valence-electron chi connectivity index (χ2n) is 7.45. The topological polar surface area (TPSA) is 0 Å². The van der Waals surface area contributed by atoms with E-state index in [0.29, 0.717) is 0 Å². The van der Waals surface area contributed by atoms with Gasteiger partial charge in [0, 0.05) is 5.41 Å². The minimum atomic E-state index is -0.1000. The molecular formula is C27H24. The van der Waals surface area contributed by atoms with Gasteiger partial charge in [-0.2, -0.15) is 0 Å². The molecule has 0 saturated heterocycles. The molecule has 27 heavy (non-hydrogen) atoms. The lowest BCUT2D eigenvalue weighted by molar-refractivity contribution is 0.643. The lowest BCUT2D eigenvalue weighted by atomic mass is 9.73. The van der Waals surface area contributed by atoms with Crippen LogP contribution in [0.5, 0.6) is 0 Å². The standard InChI is InChI=1S/C27H24/c1-27(2,23-17-10-5-11-18-23)25-20-12-19-24(21-13-6-3-7-14-21)26(25)22-15-8-4-9-16-22/h3-20H,1-2H3. The maximum atomic E-state index is 2.32. The van der Waals surface area contributed by atoms with Crippen LogP contribution in [0.1, 0.15) is 25.0 Å². The smallest absolute Gasteiger partial charge is 0.0152 e. The van der Waals surface area contributed by atoms with E-state index in [-0.39, 0.29) is 5.41 Å². The van der Waals surface area contributed by atoms with Crippen molar-refractivity contribution >= 4 is 0 Å². The van der Waals surface area contributed by atoms with Crippen molar-refractivity contribution in [3.05, 3.63) is 120 Å². The lowest BCUT2D eigenvalue weighted by Crippen LogP contribution is -2.20. The molecule has 0 unspecified atom stereocenters.